The highest BCUT2D eigenvalue weighted by atomic mass is 16.5. The average molecular weight is 500 g/mol. The number of nitriles is 1. The Hall–Kier alpha value is -3.61. The van der Waals surface area contributed by atoms with Gasteiger partial charge in [0.05, 0.1) is 17.7 Å². The summed E-state index contributed by atoms with van der Waals surface area (Å²) in [5.41, 5.74) is 2.84. The highest BCUT2D eigenvalue weighted by Gasteiger charge is 2.38. The number of hydrazine groups is 1. The molecule has 0 radical (unpaired) electrons. The maximum Gasteiger partial charge on any atom is 0.277 e. The van der Waals surface area contributed by atoms with Gasteiger partial charge in [0.2, 0.25) is 5.82 Å². The minimum absolute atomic E-state index is 0.0398. The van der Waals surface area contributed by atoms with Gasteiger partial charge < -0.3 is 9.64 Å². The second kappa shape index (κ2) is 10.0. The lowest BCUT2D eigenvalue weighted by atomic mass is 9.89. The number of benzene rings is 1. The number of pyridine rings is 1. The van der Waals surface area contributed by atoms with Crippen LogP contribution in [-0.4, -0.2) is 65.7 Å². The smallest absolute Gasteiger partial charge is 0.277 e. The summed E-state index contributed by atoms with van der Waals surface area (Å²) in [5.74, 6) is 0.938. The van der Waals surface area contributed by atoms with Crippen molar-refractivity contribution in [3.8, 4) is 6.07 Å². The van der Waals surface area contributed by atoms with E-state index in [0.29, 0.717) is 40.6 Å². The Morgan fingerprint density at radius 3 is 2.51 bits per heavy atom. The van der Waals surface area contributed by atoms with Gasteiger partial charge in [-0.3, -0.25) is 9.80 Å². The van der Waals surface area contributed by atoms with Crippen molar-refractivity contribution in [1.29, 1.82) is 5.26 Å². The number of nitrogens with zero attached hydrogens (tertiary/aromatic N) is 7. The molecule has 0 spiro atoms. The zero-order valence-corrected chi connectivity index (χ0v) is 21.9. The fraction of sp³-hybridized carbons (Fsp3) is 0.464. The normalized spacial score (nSPS) is 16.4. The second-order valence-electron chi connectivity index (χ2n) is 11.0. The number of methoxy groups -OCH3 is 1. The highest BCUT2D eigenvalue weighted by molar-refractivity contribution is 6.17. The van der Waals surface area contributed by atoms with Gasteiger partial charge in [0.25, 0.3) is 5.91 Å². The van der Waals surface area contributed by atoms with E-state index in [2.05, 4.69) is 52.8 Å². The third-order valence-corrected chi connectivity index (χ3v) is 7.02. The first-order chi connectivity index (χ1) is 17.8. The van der Waals surface area contributed by atoms with Crippen molar-refractivity contribution < 1.29 is 9.53 Å². The van der Waals surface area contributed by atoms with Crippen LogP contribution < -0.4 is 10.0 Å². The number of hydrogen-bond acceptors (Lipinski definition) is 8. The average Bonchev–Trinajstić information content (AvgIpc) is 3.20. The second-order valence-corrected chi connectivity index (χ2v) is 11.0. The summed E-state index contributed by atoms with van der Waals surface area (Å²) >= 11 is 0. The predicted molar refractivity (Wildman–Crippen MR) is 142 cm³/mol. The zero-order chi connectivity index (χ0) is 26.2. The van der Waals surface area contributed by atoms with Crippen molar-refractivity contribution in [1.82, 2.24) is 19.9 Å². The molecule has 4 heterocycles. The van der Waals surface area contributed by atoms with Gasteiger partial charge in [-0.1, -0.05) is 32.9 Å². The summed E-state index contributed by atoms with van der Waals surface area (Å²) in [7, 11) is 1.74. The van der Waals surface area contributed by atoms with Crippen LogP contribution in [0.15, 0.2) is 36.5 Å². The Labute approximate surface area is 217 Å². The van der Waals surface area contributed by atoms with Gasteiger partial charge in [0.15, 0.2) is 11.5 Å². The largest absolute Gasteiger partial charge is 0.383 e. The molecule has 1 aromatic carbocycles. The number of amides is 1. The molecule has 1 amide bonds. The molecule has 0 saturated carbocycles. The number of ether oxygens (including phenoxy) is 1. The van der Waals surface area contributed by atoms with E-state index in [9.17, 15) is 10.1 Å². The molecular formula is C28H33N7O2. The number of likely N-dealkylation sites (tertiary alicyclic amines) is 1. The molecule has 9 heteroatoms. The molecule has 2 aliphatic heterocycles. The first-order valence-electron chi connectivity index (χ1n) is 12.8. The van der Waals surface area contributed by atoms with Crippen LogP contribution in [0.25, 0.3) is 11.0 Å². The van der Waals surface area contributed by atoms with Gasteiger partial charge in [0.1, 0.15) is 6.07 Å². The van der Waals surface area contributed by atoms with E-state index in [1.54, 1.807) is 18.3 Å². The molecule has 0 bridgehead atoms. The highest BCUT2D eigenvalue weighted by Crippen LogP contribution is 2.42. The Morgan fingerprint density at radius 1 is 1.14 bits per heavy atom. The number of aromatic nitrogens is 3. The van der Waals surface area contributed by atoms with Crippen LogP contribution >= 0.6 is 0 Å². The van der Waals surface area contributed by atoms with E-state index in [1.165, 1.54) is 5.56 Å². The van der Waals surface area contributed by atoms with E-state index in [-0.39, 0.29) is 17.1 Å². The fourth-order valence-electron chi connectivity index (χ4n) is 5.20. The van der Waals surface area contributed by atoms with E-state index >= 15 is 0 Å². The lowest BCUT2D eigenvalue weighted by Gasteiger charge is -2.35. The molecule has 1 fully saturated rings. The number of anilines is 2. The number of carbonyl (C=O) groups is 1. The molecule has 2 aliphatic rings. The van der Waals surface area contributed by atoms with Gasteiger partial charge in [-0.2, -0.15) is 15.2 Å². The van der Waals surface area contributed by atoms with E-state index in [1.807, 2.05) is 29.3 Å². The molecule has 2 aromatic heterocycles. The monoisotopic (exact) mass is 499 g/mol. The Morgan fingerprint density at radius 2 is 1.86 bits per heavy atom. The predicted octanol–water partition coefficient (Wildman–Crippen LogP) is 4.15. The van der Waals surface area contributed by atoms with Crippen molar-refractivity contribution in [2.24, 2.45) is 5.41 Å². The van der Waals surface area contributed by atoms with E-state index in [4.69, 9.17) is 4.74 Å². The van der Waals surface area contributed by atoms with Gasteiger partial charge >= 0.3 is 0 Å². The molecule has 3 aromatic rings. The molecule has 192 valence electrons. The van der Waals surface area contributed by atoms with Crippen LogP contribution in [0.2, 0.25) is 0 Å². The van der Waals surface area contributed by atoms with Crippen molar-refractivity contribution in [2.45, 2.75) is 39.5 Å². The van der Waals surface area contributed by atoms with Crippen molar-refractivity contribution in [2.75, 3.05) is 49.9 Å². The molecule has 0 atom stereocenters. The third-order valence-electron chi connectivity index (χ3n) is 7.02. The molecular weight excluding hydrogens is 466 g/mol. The summed E-state index contributed by atoms with van der Waals surface area (Å²) in [5, 5.41) is 13.7. The maximum atomic E-state index is 14.0. The molecule has 1 saturated heterocycles. The number of rotatable bonds is 6. The topological polar surface area (TPSA) is 98.5 Å². The molecule has 9 nitrogen and oxygen atoms in total. The summed E-state index contributed by atoms with van der Waals surface area (Å²) < 4.78 is 5.21. The molecule has 0 aliphatic carbocycles. The lowest BCUT2D eigenvalue weighted by molar-refractivity contribution is 0.0983. The van der Waals surface area contributed by atoms with Crippen LogP contribution in [-0.2, 0) is 4.74 Å². The minimum atomic E-state index is -0.144. The fourth-order valence-corrected chi connectivity index (χ4v) is 5.20. The third kappa shape index (κ3) is 4.99. The van der Waals surface area contributed by atoms with Crippen LogP contribution in [0.1, 0.15) is 61.3 Å². The van der Waals surface area contributed by atoms with Crippen molar-refractivity contribution in [3.63, 3.8) is 0 Å². The number of carbonyl (C=O) groups excluding carboxylic acids is 1. The van der Waals surface area contributed by atoms with Crippen molar-refractivity contribution in [3.05, 3.63) is 53.5 Å². The lowest BCUT2D eigenvalue weighted by Crippen LogP contribution is -2.48. The minimum Gasteiger partial charge on any atom is -0.383 e. The first kappa shape index (κ1) is 25.1. The SMILES string of the molecule is COCCN1CCC(c2ccc(C(=O)N3c4ccnc5nc(C#N)nc(c45)N3CC(C)(C)C)cc2)CC1. The first-order valence-corrected chi connectivity index (χ1v) is 12.8. The maximum absolute atomic E-state index is 14.0. The molecule has 5 rings (SSSR count). The Kier molecular flexibility index (Phi) is 6.80. The summed E-state index contributed by atoms with van der Waals surface area (Å²) in [4.78, 5) is 29.5. The van der Waals surface area contributed by atoms with Gasteiger partial charge in [-0.15, -0.1) is 0 Å². The van der Waals surface area contributed by atoms with E-state index in [0.717, 1.165) is 39.1 Å². The summed E-state index contributed by atoms with van der Waals surface area (Å²) in [6, 6.07) is 11.9. The molecule has 37 heavy (non-hydrogen) atoms. The summed E-state index contributed by atoms with van der Waals surface area (Å²) in [6.45, 7) is 10.7. The van der Waals surface area contributed by atoms with E-state index < -0.39 is 0 Å². The van der Waals surface area contributed by atoms with Crippen LogP contribution in [0.4, 0.5) is 11.5 Å². The van der Waals surface area contributed by atoms with Crippen LogP contribution in [0, 0.1) is 16.7 Å². The Balaban J connectivity index is 1.42. The zero-order valence-electron chi connectivity index (χ0n) is 21.9. The quantitative estimate of drug-likeness (QED) is 0.499. The Bertz CT molecular complexity index is 1340. The van der Waals surface area contributed by atoms with Gasteiger partial charge in [0, 0.05) is 32.0 Å². The molecule has 0 unspecified atom stereocenters. The number of hydrogen-bond donors (Lipinski definition) is 0. The van der Waals surface area contributed by atoms with Gasteiger partial charge in [-0.05, 0) is 61.0 Å². The van der Waals surface area contributed by atoms with Crippen molar-refractivity contribution >= 4 is 28.4 Å². The standard InChI is InChI=1S/C28H33N7O2/c1-28(2,3)18-34-26-24-22(9-12-30-25(24)31-23(17-29)32-26)35(34)27(36)21-7-5-19(6-8-21)20-10-13-33(14-11-20)15-16-37-4/h5-9,12,20H,10-11,13-16,18H2,1-4H3. The number of piperidine rings is 1. The van der Waals surface area contributed by atoms with Crippen LogP contribution in [0.5, 0.6) is 0 Å². The van der Waals surface area contributed by atoms with Crippen LogP contribution in [0.3, 0.4) is 0 Å². The summed E-state index contributed by atoms with van der Waals surface area (Å²) in [6.07, 6.45) is 3.83. The molecule has 0 N–H and O–H groups in total. The van der Waals surface area contributed by atoms with Gasteiger partial charge in [-0.25, -0.2) is 9.99 Å².